The van der Waals surface area contributed by atoms with Gasteiger partial charge in [0.15, 0.2) is 5.76 Å². The molecular weight excluding hydrogens is 345 g/mol. The molecule has 5 nitrogen and oxygen atoms in total. The smallest absolute Gasteiger partial charge is 0.307 e. The maximum atomic E-state index is 14.7. The lowest BCUT2D eigenvalue weighted by Gasteiger charge is -2.43. The monoisotopic (exact) mass is 369 g/mol. The number of carbonyl (C=O) groups excluding carboxylic acids is 1. The van der Waals surface area contributed by atoms with Crippen molar-refractivity contribution >= 4 is 23.4 Å². The zero-order chi connectivity index (χ0) is 19.6. The number of furan rings is 1. The van der Waals surface area contributed by atoms with Gasteiger partial charge in [-0.15, -0.1) is 0 Å². The highest BCUT2D eigenvalue weighted by Gasteiger charge is 2.31. The second kappa shape index (κ2) is 7.39. The Morgan fingerprint density at radius 2 is 2.19 bits per heavy atom. The normalized spacial score (nSPS) is 15.6. The molecule has 1 N–H and O–H groups in total. The van der Waals surface area contributed by atoms with Crippen molar-refractivity contribution in [2.45, 2.75) is 39.7 Å². The van der Waals surface area contributed by atoms with E-state index < -0.39 is 5.91 Å². The summed E-state index contributed by atoms with van der Waals surface area (Å²) in [4.78, 5) is 14.0. The van der Waals surface area contributed by atoms with Gasteiger partial charge in [0.05, 0.1) is 18.0 Å². The fourth-order valence-electron chi connectivity index (χ4n) is 3.47. The number of nitrogens with one attached hydrogen (secondary N) is 1. The van der Waals surface area contributed by atoms with E-state index in [1.807, 2.05) is 6.92 Å². The van der Waals surface area contributed by atoms with Crippen molar-refractivity contribution in [3.8, 4) is 0 Å². The van der Waals surface area contributed by atoms with Gasteiger partial charge in [0.1, 0.15) is 5.82 Å². The number of rotatable bonds is 5. The topological polar surface area (TPSA) is 57.8 Å². The highest BCUT2D eigenvalue weighted by atomic mass is 19.1. The van der Waals surface area contributed by atoms with Gasteiger partial charge in [-0.1, -0.05) is 13.0 Å². The van der Waals surface area contributed by atoms with E-state index in [0.29, 0.717) is 5.56 Å². The molecule has 1 aromatic heterocycles. The summed E-state index contributed by atoms with van der Waals surface area (Å²) in [5.74, 6) is -0.716. The average molecular weight is 369 g/mol. The van der Waals surface area contributed by atoms with Crippen molar-refractivity contribution in [1.29, 1.82) is 0 Å². The van der Waals surface area contributed by atoms with Crippen LogP contribution < -0.4 is 10.3 Å². The number of amides is 1. The third kappa shape index (κ3) is 3.79. The molecule has 0 bridgehead atoms. The second-order valence-corrected chi connectivity index (χ2v) is 7.20. The maximum absolute atomic E-state index is 14.7. The van der Waals surface area contributed by atoms with E-state index in [-0.39, 0.29) is 17.1 Å². The molecule has 0 radical (unpaired) electrons. The van der Waals surface area contributed by atoms with Crippen molar-refractivity contribution in [3.63, 3.8) is 0 Å². The van der Waals surface area contributed by atoms with Gasteiger partial charge in [-0.05, 0) is 57.0 Å². The molecule has 2 heterocycles. The summed E-state index contributed by atoms with van der Waals surface area (Å²) in [5.41, 5.74) is 5.44. The van der Waals surface area contributed by atoms with Crippen LogP contribution in [0.25, 0.3) is 5.57 Å². The third-order valence-corrected chi connectivity index (χ3v) is 4.66. The number of anilines is 1. The largest absolute Gasteiger partial charge is 0.459 e. The molecule has 1 amide bonds. The Morgan fingerprint density at radius 1 is 1.41 bits per heavy atom. The van der Waals surface area contributed by atoms with Gasteiger partial charge in [0, 0.05) is 23.4 Å². The molecule has 0 saturated carbocycles. The summed E-state index contributed by atoms with van der Waals surface area (Å²) in [6.45, 7) is 9.25. The molecule has 0 atom stereocenters. The zero-order valence-corrected chi connectivity index (χ0v) is 16.0. The first kappa shape index (κ1) is 18.9. The highest BCUT2D eigenvalue weighted by molar-refractivity contribution is 5.93. The Morgan fingerprint density at radius 3 is 2.85 bits per heavy atom. The van der Waals surface area contributed by atoms with Gasteiger partial charge in [-0.2, -0.15) is 5.10 Å². The molecule has 0 spiro atoms. The first-order chi connectivity index (χ1) is 12.8. The van der Waals surface area contributed by atoms with Crippen LogP contribution in [0, 0.1) is 5.82 Å². The Labute approximate surface area is 158 Å². The molecule has 0 fully saturated rings. The molecule has 0 unspecified atom stereocenters. The molecule has 142 valence electrons. The third-order valence-electron chi connectivity index (χ3n) is 4.66. The summed E-state index contributed by atoms with van der Waals surface area (Å²) in [7, 11) is 0. The minimum absolute atomic E-state index is 0.147. The van der Waals surface area contributed by atoms with Crippen LogP contribution in [0.2, 0.25) is 0 Å². The number of hydrazone groups is 1. The Hall–Kier alpha value is -2.89. The fraction of sp³-hybridized carbons (Fsp3) is 0.333. The number of allylic oxidation sites excluding steroid dienone is 1. The number of carbonyl (C=O) groups is 1. The zero-order valence-electron chi connectivity index (χ0n) is 16.0. The van der Waals surface area contributed by atoms with E-state index in [0.717, 1.165) is 29.8 Å². The first-order valence-corrected chi connectivity index (χ1v) is 9.01. The van der Waals surface area contributed by atoms with Crippen LogP contribution >= 0.6 is 0 Å². The summed E-state index contributed by atoms with van der Waals surface area (Å²) in [6, 6.07) is 6.47. The summed E-state index contributed by atoms with van der Waals surface area (Å²) in [5, 5.41) is 3.86. The van der Waals surface area contributed by atoms with Crippen molar-refractivity contribution in [1.82, 2.24) is 5.43 Å². The van der Waals surface area contributed by atoms with Crippen LogP contribution in [-0.2, 0) is 0 Å². The Balaban J connectivity index is 1.88. The van der Waals surface area contributed by atoms with E-state index >= 15 is 0 Å². The summed E-state index contributed by atoms with van der Waals surface area (Å²) in [6.07, 6.45) is 5.88. The van der Waals surface area contributed by atoms with Crippen molar-refractivity contribution < 1.29 is 13.6 Å². The lowest BCUT2D eigenvalue weighted by molar-refractivity contribution is 0.0927. The van der Waals surface area contributed by atoms with E-state index in [1.54, 1.807) is 18.2 Å². The molecule has 0 aliphatic carbocycles. The molecule has 3 rings (SSSR count). The predicted molar refractivity (Wildman–Crippen MR) is 106 cm³/mol. The van der Waals surface area contributed by atoms with Gasteiger partial charge in [-0.25, -0.2) is 9.82 Å². The molecular formula is C21H24FN3O2. The molecule has 1 aromatic carbocycles. The van der Waals surface area contributed by atoms with Crippen molar-refractivity contribution in [2.24, 2.45) is 5.10 Å². The van der Waals surface area contributed by atoms with Gasteiger partial charge in [-0.3, -0.25) is 4.79 Å². The fourth-order valence-corrected chi connectivity index (χ4v) is 3.47. The number of hydrogen-bond donors (Lipinski definition) is 1. The molecule has 1 aliphatic rings. The van der Waals surface area contributed by atoms with Gasteiger partial charge < -0.3 is 9.32 Å². The number of fused-ring (bicyclic) bond motifs is 1. The second-order valence-electron chi connectivity index (χ2n) is 7.20. The number of hydrogen-bond acceptors (Lipinski definition) is 4. The van der Waals surface area contributed by atoms with E-state index in [9.17, 15) is 9.18 Å². The van der Waals surface area contributed by atoms with Crippen LogP contribution in [-0.4, -0.2) is 24.2 Å². The number of benzene rings is 1. The average Bonchev–Trinajstić information content (AvgIpc) is 3.14. The van der Waals surface area contributed by atoms with Crippen LogP contribution in [0.1, 0.15) is 55.8 Å². The minimum atomic E-state index is -0.485. The lowest BCUT2D eigenvalue weighted by atomic mass is 9.88. The molecule has 2 aromatic rings. The maximum Gasteiger partial charge on any atom is 0.307 e. The SMILES string of the molecule is CCCN1c2cc(F)c(/C=N/NC(=O)c3ccco3)cc2C(C)=CC1(C)C. The molecule has 1 aliphatic heterocycles. The standard InChI is InChI=1S/C21H24FN3O2/c1-5-8-25-18-11-17(22)15(10-16(18)14(2)12-21(25,3)4)13-23-24-20(26)19-7-6-9-27-19/h6-7,9-13H,5,8H2,1-4H3,(H,24,26)/b23-13+. The Kier molecular flexibility index (Phi) is 5.17. The summed E-state index contributed by atoms with van der Waals surface area (Å²) < 4.78 is 19.7. The predicted octanol–water partition coefficient (Wildman–Crippen LogP) is 4.59. The van der Waals surface area contributed by atoms with Crippen molar-refractivity contribution in [2.75, 3.05) is 11.4 Å². The van der Waals surface area contributed by atoms with Crippen LogP contribution in [0.4, 0.5) is 10.1 Å². The van der Waals surface area contributed by atoms with Crippen LogP contribution in [0.5, 0.6) is 0 Å². The number of halogens is 1. The lowest BCUT2D eigenvalue weighted by Crippen LogP contribution is -2.45. The van der Waals surface area contributed by atoms with Crippen LogP contribution in [0.3, 0.4) is 0 Å². The molecule has 27 heavy (non-hydrogen) atoms. The summed E-state index contributed by atoms with van der Waals surface area (Å²) >= 11 is 0. The van der Waals surface area contributed by atoms with E-state index in [2.05, 4.69) is 42.3 Å². The van der Waals surface area contributed by atoms with Gasteiger partial charge >= 0.3 is 5.91 Å². The quantitative estimate of drug-likeness (QED) is 0.619. The molecule has 6 heteroatoms. The highest BCUT2D eigenvalue weighted by Crippen LogP contribution is 2.39. The Bertz CT molecular complexity index is 898. The number of nitrogens with zero attached hydrogens (tertiary/aromatic N) is 2. The first-order valence-electron chi connectivity index (χ1n) is 9.01. The van der Waals surface area contributed by atoms with Gasteiger partial charge in [0.2, 0.25) is 0 Å². The van der Waals surface area contributed by atoms with E-state index in [1.165, 1.54) is 18.5 Å². The van der Waals surface area contributed by atoms with E-state index in [4.69, 9.17) is 4.42 Å². The van der Waals surface area contributed by atoms with Gasteiger partial charge in [0.25, 0.3) is 0 Å². The van der Waals surface area contributed by atoms with Crippen LogP contribution in [0.15, 0.2) is 46.1 Å². The molecule has 0 saturated heterocycles. The minimum Gasteiger partial charge on any atom is -0.459 e. The van der Waals surface area contributed by atoms with Crippen molar-refractivity contribution in [3.05, 3.63) is 59.3 Å².